The summed E-state index contributed by atoms with van der Waals surface area (Å²) in [4.78, 5) is 19.1. The number of halogens is 1. The van der Waals surface area contributed by atoms with Gasteiger partial charge in [0.2, 0.25) is 14.9 Å². The van der Waals surface area contributed by atoms with Gasteiger partial charge in [0, 0.05) is 11.2 Å². The van der Waals surface area contributed by atoms with Gasteiger partial charge in [-0.05, 0) is 61.0 Å². The van der Waals surface area contributed by atoms with E-state index in [4.69, 9.17) is 16.0 Å². The minimum Gasteiger partial charge on any atom is -0.439 e. The predicted octanol–water partition coefficient (Wildman–Crippen LogP) is 5.32. The average Bonchev–Trinajstić information content (AvgIpc) is 3.29. The van der Waals surface area contributed by atoms with Crippen LogP contribution in [0.4, 0.5) is 5.82 Å². The molecule has 0 atom stereocenters. The number of amides is 1. The monoisotopic (exact) mass is 466 g/mol. The van der Waals surface area contributed by atoms with Gasteiger partial charge in [0.15, 0.2) is 5.76 Å². The van der Waals surface area contributed by atoms with Crippen LogP contribution in [0, 0.1) is 6.92 Å². The Morgan fingerprint density at radius 2 is 1.78 bits per heavy atom. The fourth-order valence-corrected chi connectivity index (χ4v) is 4.52. The van der Waals surface area contributed by atoms with Gasteiger partial charge in [-0.15, -0.1) is 0 Å². The summed E-state index contributed by atoms with van der Waals surface area (Å²) in [6.07, 6.45) is 1.57. The highest BCUT2D eigenvalue weighted by Gasteiger charge is 2.27. The van der Waals surface area contributed by atoms with Gasteiger partial charge in [-0.25, -0.2) is 13.4 Å². The second-order valence-corrected chi connectivity index (χ2v) is 9.46. The van der Waals surface area contributed by atoms with Crippen LogP contribution in [0.2, 0.25) is 5.02 Å². The smallest absolute Gasteiger partial charge is 0.295 e. The molecule has 4 aromatic rings. The van der Waals surface area contributed by atoms with Crippen molar-refractivity contribution in [3.05, 3.63) is 107 Å². The molecule has 0 saturated heterocycles. The number of rotatable bonds is 6. The van der Waals surface area contributed by atoms with E-state index in [9.17, 15) is 13.2 Å². The maximum Gasteiger partial charge on any atom is 0.295 e. The van der Waals surface area contributed by atoms with Crippen LogP contribution in [-0.2, 0) is 16.4 Å². The van der Waals surface area contributed by atoms with E-state index in [2.05, 4.69) is 4.98 Å². The van der Waals surface area contributed by atoms with E-state index in [1.54, 1.807) is 54.7 Å². The number of hydrogen-bond acceptors (Lipinski definition) is 5. The van der Waals surface area contributed by atoms with Crippen LogP contribution in [0.1, 0.15) is 21.7 Å². The molecular weight excluding hydrogens is 448 g/mol. The molecule has 162 valence electrons. The fraction of sp³-hybridized carbons (Fsp3) is 0.0833. The Morgan fingerprint density at radius 3 is 2.47 bits per heavy atom. The molecule has 8 heteroatoms. The summed E-state index contributed by atoms with van der Waals surface area (Å²) in [6.45, 7) is 2.04. The second-order valence-electron chi connectivity index (χ2n) is 7.14. The summed E-state index contributed by atoms with van der Waals surface area (Å²) in [5.41, 5.74) is 1.72. The van der Waals surface area contributed by atoms with Gasteiger partial charge in [-0.2, -0.15) is 0 Å². The van der Waals surface area contributed by atoms with Crippen LogP contribution >= 0.6 is 11.6 Å². The molecule has 0 bridgehead atoms. The lowest BCUT2D eigenvalue weighted by Gasteiger charge is -2.21. The quantitative estimate of drug-likeness (QED) is 0.384. The van der Waals surface area contributed by atoms with Gasteiger partial charge in [-0.1, -0.05) is 47.5 Å². The molecule has 2 aromatic heterocycles. The molecule has 0 radical (unpaired) electrons. The molecule has 0 fully saturated rings. The van der Waals surface area contributed by atoms with E-state index in [0.29, 0.717) is 10.8 Å². The first-order valence-corrected chi connectivity index (χ1v) is 11.6. The minimum atomic E-state index is -3.89. The van der Waals surface area contributed by atoms with Crippen molar-refractivity contribution in [1.82, 2.24) is 4.98 Å². The number of carbonyl (C=O) groups excluding carboxylic acids is 1. The topological polar surface area (TPSA) is 80.5 Å². The van der Waals surface area contributed by atoms with Crippen molar-refractivity contribution in [2.24, 2.45) is 0 Å². The Balaban J connectivity index is 1.67. The summed E-state index contributed by atoms with van der Waals surface area (Å²) in [7, 11) is -3.89. The van der Waals surface area contributed by atoms with Crippen LogP contribution in [-0.4, -0.2) is 19.3 Å². The van der Waals surface area contributed by atoms with Gasteiger partial charge in [0.1, 0.15) is 5.82 Å². The third kappa shape index (κ3) is 4.59. The Kier molecular flexibility index (Phi) is 6.12. The summed E-state index contributed by atoms with van der Waals surface area (Å²) < 4.78 is 31.3. The lowest BCUT2D eigenvalue weighted by atomic mass is 10.2. The van der Waals surface area contributed by atoms with Crippen molar-refractivity contribution >= 4 is 33.2 Å². The largest absolute Gasteiger partial charge is 0.439 e. The molecule has 4 rings (SSSR count). The highest BCUT2D eigenvalue weighted by atomic mass is 35.5. The number of benzene rings is 2. The minimum absolute atomic E-state index is 0.0944. The first-order valence-electron chi connectivity index (χ1n) is 9.73. The number of carbonyl (C=O) groups is 1. The Labute approximate surface area is 191 Å². The van der Waals surface area contributed by atoms with Crippen LogP contribution in [0.3, 0.4) is 0 Å². The van der Waals surface area contributed by atoms with E-state index in [1.165, 1.54) is 29.2 Å². The van der Waals surface area contributed by atoms with Crippen LogP contribution in [0.15, 0.2) is 99.5 Å². The highest BCUT2D eigenvalue weighted by molar-refractivity contribution is 7.91. The molecule has 0 N–H and O–H groups in total. The molecule has 2 aromatic carbocycles. The molecule has 6 nitrogen and oxygen atoms in total. The number of furan rings is 1. The van der Waals surface area contributed by atoms with Crippen molar-refractivity contribution < 1.29 is 17.6 Å². The molecule has 0 unspecified atom stereocenters. The number of aromatic nitrogens is 1. The standard InChI is InChI=1S/C24H19ClN2O4S/c1-17-8-10-20(11-9-17)32(29,30)23-13-12-21(31-23)24(28)27(22-7-2-3-14-26-22)16-18-5-4-6-19(25)15-18/h2-15H,16H2,1H3. The molecular formula is C24H19ClN2O4S. The third-order valence-corrected chi connectivity index (χ3v) is 6.67. The number of anilines is 1. The average molecular weight is 467 g/mol. The molecule has 0 spiro atoms. The van der Waals surface area contributed by atoms with E-state index in [0.717, 1.165) is 11.1 Å². The van der Waals surface area contributed by atoms with Crippen molar-refractivity contribution in [2.45, 2.75) is 23.5 Å². The summed E-state index contributed by atoms with van der Waals surface area (Å²) in [6, 6.07) is 21.4. The Bertz CT molecular complexity index is 1350. The molecule has 1 amide bonds. The fourth-order valence-electron chi connectivity index (χ4n) is 3.13. The van der Waals surface area contributed by atoms with Gasteiger partial charge in [0.05, 0.1) is 11.4 Å². The van der Waals surface area contributed by atoms with E-state index >= 15 is 0 Å². The summed E-state index contributed by atoms with van der Waals surface area (Å²) in [5.74, 6) is -0.228. The van der Waals surface area contributed by atoms with E-state index in [1.807, 2.05) is 13.0 Å². The Hall–Kier alpha value is -3.42. The maximum atomic E-state index is 13.3. The lowest BCUT2D eigenvalue weighted by Crippen LogP contribution is -2.30. The van der Waals surface area contributed by atoms with Crippen molar-refractivity contribution in [3.8, 4) is 0 Å². The molecule has 0 aliphatic rings. The van der Waals surface area contributed by atoms with E-state index < -0.39 is 15.7 Å². The SMILES string of the molecule is Cc1ccc(S(=O)(=O)c2ccc(C(=O)N(Cc3cccc(Cl)c3)c3ccccn3)o2)cc1. The zero-order valence-electron chi connectivity index (χ0n) is 17.1. The van der Waals surface area contributed by atoms with Gasteiger partial charge < -0.3 is 4.42 Å². The Morgan fingerprint density at radius 1 is 1.00 bits per heavy atom. The van der Waals surface area contributed by atoms with Crippen molar-refractivity contribution in [2.75, 3.05) is 4.90 Å². The predicted molar refractivity (Wildman–Crippen MR) is 122 cm³/mol. The number of nitrogens with zero attached hydrogens (tertiary/aromatic N) is 2. The van der Waals surface area contributed by atoms with Crippen molar-refractivity contribution in [1.29, 1.82) is 0 Å². The lowest BCUT2D eigenvalue weighted by molar-refractivity contribution is 0.0952. The maximum absolute atomic E-state index is 13.3. The highest BCUT2D eigenvalue weighted by Crippen LogP contribution is 2.26. The number of aryl methyl sites for hydroxylation is 1. The molecule has 0 aliphatic carbocycles. The first-order chi connectivity index (χ1) is 15.3. The number of sulfone groups is 1. The van der Waals surface area contributed by atoms with Gasteiger partial charge in [-0.3, -0.25) is 9.69 Å². The molecule has 0 aliphatic heterocycles. The summed E-state index contributed by atoms with van der Waals surface area (Å²) in [5, 5.41) is 0.244. The zero-order chi connectivity index (χ0) is 22.7. The zero-order valence-corrected chi connectivity index (χ0v) is 18.7. The van der Waals surface area contributed by atoms with Crippen LogP contribution in [0.25, 0.3) is 0 Å². The number of pyridine rings is 1. The normalized spacial score (nSPS) is 11.3. The first kappa shape index (κ1) is 21.8. The van der Waals surface area contributed by atoms with E-state index in [-0.39, 0.29) is 22.3 Å². The van der Waals surface area contributed by atoms with Crippen LogP contribution in [0.5, 0.6) is 0 Å². The van der Waals surface area contributed by atoms with Crippen molar-refractivity contribution in [3.63, 3.8) is 0 Å². The molecule has 2 heterocycles. The molecule has 0 saturated carbocycles. The molecule has 32 heavy (non-hydrogen) atoms. The van der Waals surface area contributed by atoms with Gasteiger partial charge >= 0.3 is 0 Å². The van der Waals surface area contributed by atoms with Crippen LogP contribution < -0.4 is 4.90 Å². The summed E-state index contributed by atoms with van der Waals surface area (Å²) >= 11 is 6.09. The van der Waals surface area contributed by atoms with Gasteiger partial charge in [0.25, 0.3) is 5.91 Å². The third-order valence-electron chi connectivity index (χ3n) is 4.79. The number of hydrogen-bond donors (Lipinski definition) is 0. The second kappa shape index (κ2) is 8.98.